The molecule has 1 heterocycles. The van der Waals surface area contributed by atoms with Crippen LogP contribution in [0.5, 0.6) is 0 Å². The average Bonchev–Trinajstić information content (AvgIpc) is 2.55. The molecule has 4 nitrogen and oxygen atoms in total. The minimum atomic E-state index is 0. The number of likely N-dealkylation sites (tertiary alicyclic amines) is 1. The molecule has 0 aromatic heterocycles. The van der Waals surface area contributed by atoms with E-state index in [1.54, 1.807) is 0 Å². The summed E-state index contributed by atoms with van der Waals surface area (Å²) in [7, 11) is 1.84. The lowest BCUT2D eigenvalue weighted by Crippen LogP contribution is -2.48. The van der Waals surface area contributed by atoms with Crippen molar-refractivity contribution in [3.8, 4) is 0 Å². The van der Waals surface area contributed by atoms with Crippen molar-refractivity contribution in [3.05, 3.63) is 34.3 Å². The number of nitrogens with zero attached hydrogens (tertiary/aromatic N) is 2. The smallest absolute Gasteiger partial charge is 0.191 e. The summed E-state index contributed by atoms with van der Waals surface area (Å²) in [6.07, 6.45) is 3.63. The van der Waals surface area contributed by atoms with Crippen LogP contribution in [0.3, 0.4) is 0 Å². The van der Waals surface area contributed by atoms with Crippen LogP contribution in [0.4, 0.5) is 0 Å². The van der Waals surface area contributed by atoms with Crippen LogP contribution < -0.4 is 10.6 Å². The Hall–Kier alpha value is -0.340. The molecule has 0 aliphatic carbocycles. The predicted octanol–water partition coefficient (Wildman–Crippen LogP) is 3.61. The van der Waals surface area contributed by atoms with E-state index in [9.17, 15) is 0 Å². The number of halogens is 2. The molecule has 130 valence electrons. The fourth-order valence-corrected chi connectivity index (χ4v) is 3.06. The van der Waals surface area contributed by atoms with Crippen molar-refractivity contribution in [2.45, 2.75) is 38.8 Å². The summed E-state index contributed by atoms with van der Waals surface area (Å²) in [5.41, 5.74) is 1.25. The Labute approximate surface area is 165 Å². The standard InChI is InChI=1S/C17H27BrN4.HI/c1-3-10-22-11-8-16(9-12-22)21-17(19-2)20-13-14-4-6-15(18)7-5-14;/h4-7,16H,3,8-13H2,1-2H3,(H2,19,20,21);1H. The summed E-state index contributed by atoms with van der Waals surface area (Å²) in [6, 6.07) is 8.90. The molecule has 6 heteroatoms. The number of hydrogen-bond donors (Lipinski definition) is 2. The number of rotatable bonds is 5. The first kappa shape index (κ1) is 20.7. The summed E-state index contributed by atoms with van der Waals surface area (Å²) < 4.78 is 1.11. The lowest BCUT2D eigenvalue weighted by molar-refractivity contribution is 0.206. The van der Waals surface area contributed by atoms with Crippen molar-refractivity contribution in [2.75, 3.05) is 26.7 Å². The third-order valence-corrected chi connectivity index (χ3v) is 4.59. The van der Waals surface area contributed by atoms with Crippen LogP contribution in [-0.4, -0.2) is 43.6 Å². The van der Waals surface area contributed by atoms with E-state index in [0.29, 0.717) is 6.04 Å². The molecule has 1 saturated heterocycles. The maximum absolute atomic E-state index is 4.34. The van der Waals surface area contributed by atoms with Crippen LogP contribution in [-0.2, 0) is 6.54 Å². The normalized spacial score (nSPS) is 16.7. The fraction of sp³-hybridized carbons (Fsp3) is 0.588. The molecule has 23 heavy (non-hydrogen) atoms. The first-order valence-corrected chi connectivity index (χ1v) is 8.94. The summed E-state index contributed by atoms with van der Waals surface area (Å²) in [4.78, 5) is 6.89. The molecule has 0 spiro atoms. The van der Waals surface area contributed by atoms with Crippen molar-refractivity contribution >= 4 is 45.9 Å². The highest BCUT2D eigenvalue weighted by atomic mass is 127. The molecule has 0 unspecified atom stereocenters. The average molecular weight is 495 g/mol. The molecular formula is C17H28BrIN4. The number of aliphatic imine (C=N–C) groups is 1. The van der Waals surface area contributed by atoms with Crippen molar-refractivity contribution in [1.82, 2.24) is 15.5 Å². The molecule has 1 aliphatic heterocycles. The Bertz CT molecular complexity index is 470. The second kappa shape index (κ2) is 11.3. The molecule has 0 amide bonds. The molecule has 0 atom stereocenters. The van der Waals surface area contributed by atoms with Crippen LogP contribution in [0.2, 0.25) is 0 Å². The summed E-state index contributed by atoms with van der Waals surface area (Å²) >= 11 is 3.46. The van der Waals surface area contributed by atoms with E-state index in [2.05, 4.69) is 67.6 Å². The molecule has 1 aromatic rings. The Morgan fingerprint density at radius 2 is 1.91 bits per heavy atom. The molecule has 1 fully saturated rings. The van der Waals surface area contributed by atoms with Crippen molar-refractivity contribution < 1.29 is 0 Å². The third kappa shape index (κ3) is 7.39. The van der Waals surface area contributed by atoms with Gasteiger partial charge in [0.15, 0.2) is 5.96 Å². The van der Waals surface area contributed by atoms with Crippen LogP contribution in [0, 0.1) is 0 Å². The fourth-order valence-electron chi connectivity index (χ4n) is 2.79. The van der Waals surface area contributed by atoms with E-state index in [-0.39, 0.29) is 24.0 Å². The zero-order valence-corrected chi connectivity index (χ0v) is 17.9. The van der Waals surface area contributed by atoms with Gasteiger partial charge in [-0.3, -0.25) is 4.99 Å². The van der Waals surface area contributed by atoms with Gasteiger partial charge in [0, 0.05) is 37.2 Å². The molecule has 0 radical (unpaired) electrons. The van der Waals surface area contributed by atoms with Gasteiger partial charge in [0.1, 0.15) is 0 Å². The van der Waals surface area contributed by atoms with Crippen LogP contribution >= 0.6 is 39.9 Å². The van der Waals surface area contributed by atoms with Gasteiger partial charge < -0.3 is 15.5 Å². The van der Waals surface area contributed by atoms with Gasteiger partial charge in [-0.2, -0.15) is 0 Å². The highest BCUT2D eigenvalue weighted by molar-refractivity contribution is 14.0. The highest BCUT2D eigenvalue weighted by Gasteiger charge is 2.19. The van der Waals surface area contributed by atoms with Crippen molar-refractivity contribution in [3.63, 3.8) is 0 Å². The first-order valence-electron chi connectivity index (χ1n) is 8.15. The zero-order chi connectivity index (χ0) is 15.8. The van der Waals surface area contributed by atoms with E-state index in [1.807, 2.05) is 7.05 Å². The van der Waals surface area contributed by atoms with Gasteiger partial charge in [-0.1, -0.05) is 35.0 Å². The summed E-state index contributed by atoms with van der Waals surface area (Å²) in [5.74, 6) is 0.900. The van der Waals surface area contributed by atoms with Gasteiger partial charge in [-0.05, 0) is 43.5 Å². The first-order chi connectivity index (χ1) is 10.7. The monoisotopic (exact) mass is 494 g/mol. The lowest BCUT2D eigenvalue weighted by atomic mass is 10.1. The SMILES string of the molecule is CCCN1CCC(NC(=NC)NCc2ccc(Br)cc2)CC1.I. The second-order valence-corrected chi connectivity index (χ2v) is 6.73. The number of benzene rings is 1. The number of piperidine rings is 1. The molecule has 1 aromatic carbocycles. The predicted molar refractivity (Wildman–Crippen MR) is 113 cm³/mol. The van der Waals surface area contributed by atoms with Gasteiger partial charge in [0.2, 0.25) is 0 Å². The maximum Gasteiger partial charge on any atom is 0.191 e. The Morgan fingerprint density at radius 1 is 1.26 bits per heavy atom. The summed E-state index contributed by atoms with van der Waals surface area (Å²) in [6.45, 7) is 6.65. The molecule has 2 N–H and O–H groups in total. The van der Waals surface area contributed by atoms with E-state index >= 15 is 0 Å². The quantitative estimate of drug-likeness (QED) is 0.373. The van der Waals surface area contributed by atoms with Crippen LogP contribution in [0.1, 0.15) is 31.7 Å². The van der Waals surface area contributed by atoms with Crippen LogP contribution in [0.25, 0.3) is 0 Å². The van der Waals surface area contributed by atoms with Gasteiger partial charge in [-0.15, -0.1) is 24.0 Å². The van der Waals surface area contributed by atoms with Gasteiger partial charge in [0.05, 0.1) is 0 Å². The number of hydrogen-bond acceptors (Lipinski definition) is 2. The van der Waals surface area contributed by atoms with Crippen molar-refractivity contribution in [1.29, 1.82) is 0 Å². The Kier molecular flexibility index (Phi) is 10.1. The number of nitrogens with one attached hydrogen (secondary N) is 2. The maximum atomic E-state index is 4.34. The van der Waals surface area contributed by atoms with E-state index < -0.39 is 0 Å². The number of guanidine groups is 1. The molecule has 1 aliphatic rings. The van der Waals surface area contributed by atoms with E-state index in [4.69, 9.17) is 0 Å². The van der Waals surface area contributed by atoms with Crippen LogP contribution in [0.15, 0.2) is 33.7 Å². The Balaban J connectivity index is 0.00000264. The van der Waals surface area contributed by atoms with E-state index in [1.165, 1.54) is 44.5 Å². The minimum Gasteiger partial charge on any atom is -0.354 e. The lowest BCUT2D eigenvalue weighted by Gasteiger charge is -2.32. The molecule has 2 rings (SSSR count). The highest BCUT2D eigenvalue weighted by Crippen LogP contribution is 2.11. The Morgan fingerprint density at radius 3 is 2.48 bits per heavy atom. The molecule has 0 saturated carbocycles. The van der Waals surface area contributed by atoms with Gasteiger partial charge >= 0.3 is 0 Å². The van der Waals surface area contributed by atoms with Crippen molar-refractivity contribution in [2.24, 2.45) is 4.99 Å². The minimum absolute atomic E-state index is 0. The summed E-state index contributed by atoms with van der Waals surface area (Å²) in [5, 5.41) is 6.95. The zero-order valence-electron chi connectivity index (χ0n) is 14.0. The van der Waals surface area contributed by atoms with E-state index in [0.717, 1.165) is 17.0 Å². The molecular weight excluding hydrogens is 467 g/mol. The topological polar surface area (TPSA) is 39.7 Å². The second-order valence-electron chi connectivity index (χ2n) is 5.81. The molecule has 0 bridgehead atoms. The third-order valence-electron chi connectivity index (χ3n) is 4.07. The van der Waals surface area contributed by atoms with Gasteiger partial charge in [-0.25, -0.2) is 0 Å². The largest absolute Gasteiger partial charge is 0.354 e. The van der Waals surface area contributed by atoms with Gasteiger partial charge in [0.25, 0.3) is 0 Å².